The van der Waals surface area contributed by atoms with Gasteiger partial charge >= 0.3 is 5.69 Å². The van der Waals surface area contributed by atoms with E-state index < -0.39 is 12.4 Å². The molecule has 2 aliphatic carbocycles. The largest absolute Gasteiger partial charge is 0.344 e. The van der Waals surface area contributed by atoms with Crippen LogP contribution >= 0.6 is 0 Å². The van der Waals surface area contributed by atoms with E-state index in [2.05, 4.69) is 37.1 Å². The number of hydrogen-bond acceptors (Lipinski definition) is 6. The Morgan fingerprint density at radius 2 is 1.71 bits per heavy atom. The van der Waals surface area contributed by atoms with Gasteiger partial charge < -0.3 is 9.78 Å². The summed E-state index contributed by atoms with van der Waals surface area (Å²) in [7, 11) is 0. The van der Waals surface area contributed by atoms with Crippen LogP contribution in [0.15, 0.2) is 59.8 Å². The molecule has 1 aromatic carbocycles. The molecule has 0 amide bonds. The van der Waals surface area contributed by atoms with Gasteiger partial charge in [-0.25, -0.2) is 19.2 Å². The Morgan fingerprint density at radius 1 is 0.951 bits per heavy atom. The maximum Gasteiger partial charge on any atom is 0.344 e. The molecule has 0 bridgehead atoms. The number of ketones is 1. The van der Waals surface area contributed by atoms with Crippen molar-refractivity contribution in [3.05, 3.63) is 71.0 Å². The molecule has 0 spiro atoms. The number of rotatable bonds is 6. The number of nitrogens with zero attached hydrogens (tertiary/aromatic N) is 4. The van der Waals surface area contributed by atoms with Crippen molar-refractivity contribution < 1.29 is 9.18 Å². The monoisotopic (exact) mass is 558 g/mol. The third-order valence-electron chi connectivity index (χ3n) is 7.52. The summed E-state index contributed by atoms with van der Waals surface area (Å²) >= 11 is 0. The van der Waals surface area contributed by atoms with Crippen LogP contribution in [0, 0.1) is 11.8 Å². The lowest BCUT2D eigenvalue weighted by Crippen LogP contribution is -2.09. The van der Waals surface area contributed by atoms with E-state index >= 15 is 0 Å². The minimum atomic E-state index is -0.528. The number of benzene rings is 1. The first kappa shape index (κ1) is 30.0. The molecule has 0 aliphatic heterocycles. The number of aromatic nitrogens is 6. The molecule has 0 atom stereocenters. The Balaban J connectivity index is 0.000000211. The van der Waals surface area contributed by atoms with Gasteiger partial charge in [0.1, 0.15) is 12.5 Å². The second kappa shape index (κ2) is 15.1. The summed E-state index contributed by atoms with van der Waals surface area (Å²) in [6.45, 7) is 3.48. The average Bonchev–Trinajstić information content (AvgIpc) is 3.48. The number of H-pyrrole nitrogens is 2. The van der Waals surface area contributed by atoms with E-state index in [1.165, 1.54) is 57.6 Å². The van der Waals surface area contributed by atoms with Gasteiger partial charge in [0.15, 0.2) is 11.6 Å². The maximum absolute atomic E-state index is 12.8. The van der Waals surface area contributed by atoms with Crippen LogP contribution in [0.25, 0.3) is 34.0 Å². The van der Waals surface area contributed by atoms with E-state index in [-0.39, 0.29) is 0 Å². The van der Waals surface area contributed by atoms with Crippen LogP contribution in [0.1, 0.15) is 77.2 Å². The number of nitrogens with one attached hydrogen (secondary N) is 2. The zero-order valence-electron chi connectivity index (χ0n) is 23.9. The van der Waals surface area contributed by atoms with E-state index in [9.17, 15) is 14.0 Å². The Bertz CT molecular complexity index is 1420. The summed E-state index contributed by atoms with van der Waals surface area (Å²) in [6.07, 6.45) is 16.6. The summed E-state index contributed by atoms with van der Waals surface area (Å²) in [5.74, 6) is 3.21. The topological polar surface area (TPSA) is 117 Å². The first-order valence-corrected chi connectivity index (χ1v) is 14.5. The Kier molecular flexibility index (Phi) is 11.0. The quantitative estimate of drug-likeness (QED) is 0.260. The number of hydrogen-bond donors (Lipinski definition) is 2. The summed E-state index contributed by atoms with van der Waals surface area (Å²) in [4.78, 5) is 36.7. The van der Waals surface area contributed by atoms with Gasteiger partial charge in [-0.05, 0) is 42.5 Å². The molecule has 3 aromatic heterocycles. The highest BCUT2D eigenvalue weighted by Gasteiger charge is 2.14. The second-order valence-electron chi connectivity index (χ2n) is 11.0. The van der Waals surface area contributed by atoms with Crippen LogP contribution in [-0.4, -0.2) is 35.9 Å². The third-order valence-corrected chi connectivity index (χ3v) is 7.52. The fourth-order valence-electron chi connectivity index (χ4n) is 4.91. The smallest absolute Gasteiger partial charge is 0.312 e. The highest BCUT2D eigenvalue weighted by atomic mass is 19.1. The molecule has 9 heteroatoms. The Morgan fingerprint density at radius 3 is 2.29 bits per heavy atom. The van der Waals surface area contributed by atoms with Crippen LogP contribution < -0.4 is 5.69 Å². The van der Waals surface area contributed by atoms with Gasteiger partial charge in [-0.1, -0.05) is 76.5 Å². The van der Waals surface area contributed by atoms with E-state index in [0.29, 0.717) is 34.3 Å². The van der Waals surface area contributed by atoms with Crippen molar-refractivity contribution in [1.82, 2.24) is 30.1 Å². The lowest BCUT2D eigenvalue weighted by molar-refractivity contribution is -0.118. The molecule has 3 heterocycles. The molecule has 0 saturated heterocycles. The fraction of sp³-hybridized carbons (Fsp3) is 0.438. The normalized spacial score (nSPS) is 15.1. The zero-order valence-corrected chi connectivity index (χ0v) is 23.9. The van der Waals surface area contributed by atoms with Crippen molar-refractivity contribution in [3.63, 3.8) is 0 Å². The number of carbonyl (C=O) groups excluding carboxylic acids is 1. The van der Waals surface area contributed by atoms with Crippen LogP contribution in [0.4, 0.5) is 4.39 Å². The molecule has 0 unspecified atom stereocenters. The van der Waals surface area contributed by atoms with Crippen molar-refractivity contribution in [2.45, 2.75) is 78.3 Å². The number of pyridine rings is 1. The molecule has 8 nitrogen and oxygen atoms in total. The molecule has 2 fully saturated rings. The predicted molar refractivity (Wildman–Crippen MR) is 159 cm³/mol. The lowest BCUT2D eigenvalue weighted by Gasteiger charge is -2.19. The lowest BCUT2D eigenvalue weighted by atomic mass is 9.86. The number of alkyl halides is 1. The van der Waals surface area contributed by atoms with Crippen molar-refractivity contribution in [3.8, 4) is 34.0 Å². The minimum absolute atomic E-state index is 0.368. The number of Topliss-reactive ketones (excluding diaryl/α,β-unsaturated/α-hetero) is 1. The zero-order chi connectivity index (χ0) is 29.0. The van der Waals surface area contributed by atoms with E-state index in [4.69, 9.17) is 0 Å². The molecule has 2 aliphatic rings. The molecular weight excluding hydrogens is 519 g/mol. The predicted octanol–water partition coefficient (Wildman–Crippen LogP) is 7.11. The Hall–Kier alpha value is -4.01. The molecule has 216 valence electrons. The summed E-state index contributed by atoms with van der Waals surface area (Å²) < 4.78 is 12.8. The molecular formula is C32H39FN6O2. The first-order chi connectivity index (χ1) is 19.9. The molecule has 41 heavy (non-hydrogen) atoms. The fourth-order valence-corrected chi connectivity index (χ4v) is 4.91. The van der Waals surface area contributed by atoms with Gasteiger partial charge in [-0.3, -0.25) is 10.1 Å². The minimum Gasteiger partial charge on any atom is -0.312 e. The summed E-state index contributed by atoms with van der Waals surface area (Å²) in [5, 5.41) is 7.07. The second-order valence-corrected chi connectivity index (χ2v) is 11.0. The van der Waals surface area contributed by atoms with Gasteiger partial charge in [0.05, 0.1) is 5.69 Å². The number of halogens is 1. The first-order valence-electron chi connectivity index (χ1n) is 14.5. The van der Waals surface area contributed by atoms with E-state index in [0.717, 1.165) is 29.4 Å². The van der Waals surface area contributed by atoms with E-state index in [1.54, 1.807) is 43.6 Å². The maximum atomic E-state index is 12.8. The average molecular weight is 559 g/mol. The van der Waals surface area contributed by atoms with Crippen molar-refractivity contribution in [2.24, 2.45) is 11.8 Å². The number of aromatic amines is 2. The van der Waals surface area contributed by atoms with Crippen molar-refractivity contribution >= 4 is 5.78 Å². The van der Waals surface area contributed by atoms with Crippen LogP contribution in [0.3, 0.4) is 0 Å². The Labute approximate surface area is 240 Å². The molecule has 6 rings (SSSR count). The van der Waals surface area contributed by atoms with Crippen LogP contribution in [0.5, 0.6) is 0 Å². The van der Waals surface area contributed by atoms with Gasteiger partial charge in [-0.2, -0.15) is 5.10 Å². The highest BCUT2D eigenvalue weighted by molar-refractivity contribution is 5.75. The molecule has 0 radical (unpaired) electrons. The number of carbonyl (C=O) groups is 1. The van der Waals surface area contributed by atoms with Crippen LogP contribution in [-0.2, 0) is 11.5 Å². The van der Waals surface area contributed by atoms with Gasteiger partial charge in [0.25, 0.3) is 0 Å². The third kappa shape index (κ3) is 9.27. The summed E-state index contributed by atoms with van der Waals surface area (Å²) in [6, 6.07) is 10.7. The van der Waals surface area contributed by atoms with E-state index in [1.807, 2.05) is 12.1 Å². The summed E-state index contributed by atoms with van der Waals surface area (Å²) in [5.41, 5.74) is 3.05. The standard InChI is InChI=1S/C18H13FN6O.C9H16O.C5H10/c19-7-11-2-1-3-12(6-11)16-23-17(25-24-16)13-4-5-15(20-8-13)14-9-21-18(26)22-10-14;1-8(10)7-9-5-3-2-4-6-9;1-5-3-2-4-5/h1-6,8-10H,7H2,(H,21,22,26)(H,23,24,25);9H,2-7H2,1H3;5H,2-4H2,1H3. The molecule has 2 N–H and O–H groups in total. The van der Waals surface area contributed by atoms with Crippen molar-refractivity contribution in [1.29, 1.82) is 0 Å². The van der Waals surface area contributed by atoms with Crippen molar-refractivity contribution in [2.75, 3.05) is 0 Å². The van der Waals surface area contributed by atoms with Crippen LogP contribution in [0.2, 0.25) is 0 Å². The molecule has 4 aromatic rings. The molecule has 2 saturated carbocycles. The van der Waals surface area contributed by atoms with Gasteiger partial charge in [-0.15, -0.1) is 0 Å². The SMILES string of the molecule is CC(=O)CC1CCCCC1.CC1CCC1.O=c1ncc(-c2ccc(-c3n[nH]c(-c4cccc(CF)c4)n3)cn2)c[nH]1. The van der Waals surface area contributed by atoms with Gasteiger partial charge in [0.2, 0.25) is 0 Å². The highest BCUT2D eigenvalue weighted by Crippen LogP contribution is 2.26. The van der Waals surface area contributed by atoms with Gasteiger partial charge in [0, 0.05) is 41.7 Å².